The van der Waals surface area contributed by atoms with Gasteiger partial charge in [-0.25, -0.2) is 0 Å². The molecule has 0 radical (unpaired) electrons. The molecule has 5 rings (SSSR count). The van der Waals surface area contributed by atoms with Gasteiger partial charge in [-0.2, -0.15) is 0 Å². The maximum atomic E-state index is 13.9. The summed E-state index contributed by atoms with van der Waals surface area (Å²) in [4.78, 5) is 29.2. The van der Waals surface area contributed by atoms with E-state index in [4.69, 9.17) is 9.47 Å². The van der Waals surface area contributed by atoms with Crippen LogP contribution in [0.2, 0.25) is 0 Å². The van der Waals surface area contributed by atoms with Crippen LogP contribution in [0, 0.1) is 0 Å². The molecule has 0 saturated heterocycles. The molecule has 2 heterocycles. The fourth-order valence-corrected chi connectivity index (χ4v) is 4.77. The van der Waals surface area contributed by atoms with E-state index in [0.29, 0.717) is 28.0 Å². The average molecular weight is 490 g/mol. The van der Waals surface area contributed by atoms with E-state index >= 15 is 0 Å². The number of benzene rings is 3. The second kappa shape index (κ2) is 7.73. The van der Waals surface area contributed by atoms with Crippen molar-refractivity contribution in [3.05, 3.63) is 99.5 Å². The van der Waals surface area contributed by atoms with Crippen molar-refractivity contribution in [3.63, 3.8) is 0 Å². The molecule has 2 aliphatic heterocycles. The number of halogens is 1. The molecule has 1 amide bonds. The Labute approximate surface area is 194 Å². The number of ether oxygens (including phenoxy) is 2. The van der Waals surface area contributed by atoms with Crippen LogP contribution < -0.4 is 9.64 Å². The Morgan fingerprint density at radius 2 is 1.72 bits per heavy atom. The summed E-state index contributed by atoms with van der Waals surface area (Å²) in [6.07, 6.45) is 0. The molecule has 0 aliphatic carbocycles. The largest absolute Gasteiger partial charge is 0.497 e. The lowest BCUT2D eigenvalue weighted by atomic mass is 9.80. The number of hydrogen-bond acceptors (Lipinski definition) is 4. The van der Waals surface area contributed by atoms with E-state index in [2.05, 4.69) is 15.9 Å². The Balaban J connectivity index is 1.76. The monoisotopic (exact) mass is 489 g/mol. The summed E-state index contributed by atoms with van der Waals surface area (Å²) in [6, 6.07) is 22.1. The van der Waals surface area contributed by atoms with Gasteiger partial charge in [0.25, 0.3) is 5.91 Å². The highest BCUT2D eigenvalue weighted by molar-refractivity contribution is 9.10. The third-order valence-electron chi connectivity index (χ3n) is 6.11. The third kappa shape index (κ3) is 2.94. The summed E-state index contributed by atoms with van der Waals surface area (Å²) in [7, 11) is 3.32. The van der Waals surface area contributed by atoms with Gasteiger partial charge >= 0.3 is 0 Å². The van der Waals surface area contributed by atoms with Crippen molar-refractivity contribution in [1.29, 1.82) is 0 Å². The summed E-state index contributed by atoms with van der Waals surface area (Å²) >= 11 is 3.42. The predicted molar refractivity (Wildman–Crippen MR) is 126 cm³/mol. The van der Waals surface area contributed by atoms with Crippen LogP contribution >= 0.6 is 15.9 Å². The van der Waals surface area contributed by atoms with Gasteiger partial charge in [0.05, 0.1) is 25.0 Å². The molecule has 160 valence electrons. The number of anilines is 1. The second-order valence-electron chi connectivity index (χ2n) is 7.77. The van der Waals surface area contributed by atoms with Crippen molar-refractivity contribution in [2.24, 2.45) is 0 Å². The number of carbonyl (C=O) groups is 2. The predicted octanol–water partition coefficient (Wildman–Crippen LogP) is 5.00. The van der Waals surface area contributed by atoms with Crippen LogP contribution in [0.25, 0.3) is 5.57 Å². The summed E-state index contributed by atoms with van der Waals surface area (Å²) in [5.41, 5.74) is 2.36. The summed E-state index contributed by atoms with van der Waals surface area (Å²) < 4.78 is 12.4. The number of ketones is 1. The molecule has 0 fully saturated rings. The Morgan fingerprint density at radius 1 is 1.03 bits per heavy atom. The SMILES string of the molecule is COc1ccc(C2=C(C(=O)c3ccc(Br)cc3)C3(OC2)C(=O)N(C)c2ccccc23)cc1. The summed E-state index contributed by atoms with van der Waals surface area (Å²) in [5.74, 6) is 0.229. The number of likely N-dealkylation sites (N-methyl/N-ethyl adjacent to an activating group) is 1. The van der Waals surface area contributed by atoms with Crippen LogP contribution in [0.15, 0.2) is 82.8 Å². The van der Waals surface area contributed by atoms with Gasteiger partial charge in [-0.1, -0.05) is 46.3 Å². The van der Waals surface area contributed by atoms with Crippen LogP contribution in [0.4, 0.5) is 5.69 Å². The lowest BCUT2D eigenvalue weighted by Gasteiger charge is -2.25. The Bertz CT molecular complexity index is 1260. The molecule has 1 spiro atoms. The zero-order chi connectivity index (χ0) is 22.5. The first-order chi connectivity index (χ1) is 15.5. The van der Waals surface area contributed by atoms with E-state index in [-0.39, 0.29) is 18.3 Å². The molecule has 6 heteroatoms. The fourth-order valence-electron chi connectivity index (χ4n) is 4.51. The molecule has 32 heavy (non-hydrogen) atoms. The van der Waals surface area contributed by atoms with Crippen molar-refractivity contribution < 1.29 is 19.1 Å². The zero-order valence-electron chi connectivity index (χ0n) is 17.6. The maximum Gasteiger partial charge on any atom is 0.268 e. The van der Waals surface area contributed by atoms with Crippen molar-refractivity contribution in [1.82, 2.24) is 0 Å². The minimum absolute atomic E-state index is 0.151. The van der Waals surface area contributed by atoms with Crippen molar-refractivity contribution in [2.45, 2.75) is 5.60 Å². The fraction of sp³-hybridized carbons (Fsp3) is 0.154. The molecule has 0 aromatic heterocycles. The number of methoxy groups -OCH3 is 1. The van der Waals surface area contributed by atoms with Gasteiger partial charge in [-0.05, 0) is 53.6 Å². The first kappa shape index (κ1) is 20.7. The molecule has 0 saturated carbocycles. The highest BCUT2D eigenvalue weighted by atomic mass is 79.9. The van der Waals surface area contributed by atoms with E-state index in [0.717, 1.165) is 15.7 Å². The number of carbonyl (C=O) groups excluding carboxylic acids is 2. The molecule has 0 bridgehead atoms. The number of rotatable bonds is 4. The summed E-state index contributed by atoms with van der Waals surface area (Å²) in [6.45, 7) is 0.151. The minimum atomic E-state index is -1.47. The molecule has 1 atom stereocenters. The molecule has 3 aromatic rings. The Kier molecular flexibility index (Phi) is 4.99. The van der Waals surface area contributed by atoms with E-state index in [1.807, 2.05) is 60.7 Å². The van der Waals surface area contributed by atoms with Gasteiger partial charge in [-0.15, -0.1) is 0 Å². The Hall–Kier alpha value is -3.22. The smallest absolute Gasteiger partial charge is 0.268 e. The molecule has 3 aromatic carbocycles. The van der Waals surface area contributed by atoms with E-state index in [1.54, 1.807) is 31.2 Å². The van der Waals surface area contributed by atoms with Gasteiger partial charge in [0.15, 0.2) is 5.78 Å². The van der Waals surface area contributed by atoms with Crippen LogP contribution in [-0.2, 0) is 15.1 Å². The first-order valence-corrected chi connectivity index (χ1v) is 11.0. The standard InChI is InChI=1S/C26H20BrNO4/c1-28-22-6-4-3-5-21(22)26(25(28)30)23(24(29)17-7-11-18(27)12-8-17)20(15-32-26)16-9-13-19(31-2)14-10-16/h3-14H,15H2,1-2H3. The average Bonchev–Trinajstić information content (AvgIpc) is 3.33. The van der Waals surface area contributed by atoms with Gasteiger partial charge in [0.1, 0.15) is 5.75 Å². The van der Waals surface area contributed by atoms with Gasteiger partial charge in [-0.3, -0.25) is 9.59 Å². The molecule has 1 unspecified atom stereocenters. The lowest BCUT2D eigenvalue weighted by molar-refractivity contribution is -0.134. The quantitative estimate of drug-likeness (QED) is 0.484. The number of amides is 1. The summed E-state index contributed by atoms with van der Waals surface area (Å²) in [5, 5.41) is 0. The van der Waals surface area contributed by atoms with Crippen molar-refractivity contribution >= 4 is 38.9 Å². The number of fused-ring (bicyclic) bond motifs is 2. The zero-order valence-corrected chi connectivity index (χ0v) is 19.2. The Morgan fingerprint density at radius 3 is 2.41 bits per heavy atom. The van der Waals surface area contributed by atoms with Crippen LogP contribution in [0.1, 0.15) is 21.5 Å². The molecular formula is C26H20BrNO4. The lowest BCUT2D eigenvalue weighted by Crippen LogP contribution is -2.42. The van der Waals surface area contributed by atoms with E-state index in [9.17, 15) is 9.59 Å². The topological polar surface area (TPSA) is 55.8 Å². The van der Waals surface area contributed by atoms with Crippen LogP contribution in [0.3, 0.4) is 0 Å². The third-order valence-corrected chi connectivity index (χ3v) is 6.64. The van der Waals surface area contributed by atoms with Crippen LogP contribution in [0.5, 0.6) is 5.75 Å². The first-order valence-electron chi connectivity index (χ1n) is 10.2. The second-order valence-corrected chi connectivity index (χ2v) is 8.68. The molecule has 0 N–H and O–H groups in total. The highest BCUT2D eigenvalue weighted by Gasteiger charge is 2.59. The number of para-hydroxylation sites is 1. The molecule has 5 nitrogen and oxygen atoms in total. The van der Waals surface area contributed by atoms with Gasteiger partial charge in [0, 0.05) is 22.6 Å². The van der Waals surface area contributed by atoms with Gasteiger partial charge in [0.2, 0.25) is 5.60 Å². The maximum absolute atomic E-state index is 13.9. The van der Waals surface area contributed by atoms with Crippen molar-refractivity contribution in [2.75, 3.05) is 25.7 Å². The highest BCUT2D eigenvalue weighted by Crippen LogP contribution is 2.53. The van der Waals surface area contributed by atoms with Gasteiger partial charge < -0.3 is 14.4 Å². The minimum Gasteiger partial charge on any atom is -0.497 e. The number of Topliss-reactive ketones (excluding diaryl/α,β-unsaturated/α-hetero) is 1. The van der Waals surface area contributed by atoms with Crippen LogP contribution in [-0.4, -0.2) is 32.5 Å². The van der Waals surface area contributed by atoms with Crippen molar-refractivity contribution in [3.8, 4) is 5.75 Å². The normalized spacial score (nSPS) is 19.6. The van der Waals surface area contributed by atoms with E-state index < -0.39 is 5.60 Å². The number of nitrogens with zero attached hydrogens (tertiary/aromatic N) is 1. The number of hydrogen-bond donors (Lipinski definition) is 0. The molecular weight excluding hydrogens is 470 g/mol. The molecule has 2 aliphatic rings. The van der Waals surface area contributed by atoms with E-state index in [1.165, 1.54) is 0 Å².